The molecule has 1 heterocycles. The van der Waals surface area contributed by atoms with Crippen molar-refractivity contribution in [3.63, 3.8) is 0 Å². The van der Waals surface area contributed by atoms with E-state index in [1.165, 1.54) is 25.9 Å². The summed E-state index contributed by atoms with van der Waals surface area (Å²) in [6, 6.07) is 5.67. The second-order valence-corrected chi connectivity index (χ2v) is 7.56. The lowest BCUT2D eigenvalue weighted by Crippen LogP contribution is -2.40. The number of likely N-dealkylation sites (tertiary alicyclic amines) is 1. The maximum absolute atomic E-state index is 12.5. The van der Waals surface area contributed by atoms with Crippen LogP contribution in [0.25, 0.3) is 0 Å². The number of carbonyl (C=O) groups excluding carboxylic acids is 1. The minimum Gasteiger partial charge on any atom is -0.323 e. The third-order valence-corrected chi connectivity index (χ3v) is 4.72. The van der Waals surface area contributed by atoms with Gasteiger partial charge in [-0.2, -0.15) is 0 Å². The summed E-state index contributed by atoms with van der Waals surface area (Å²) in [7, 11) is 0. The highest BCUT2D eigenvalue weighted by Gasteiger charge is 2.17. The number of anilines is 1. The van der Waals surface area contributed by atoms with E-state index in [1.54, 1.807) is 0 Å². The number of para-hydroxylation sites is 1. The maximum Gasteiger partial charge on any atom is 0.238 e. The number of rotatable bonds is 8. The summed E-state index contributed by atoms with van der Waals surface area (Å²) in [4.78, 5) is 17.2. The Bertz CT molecular complexity index is 525. The first-order valence-corrected chi connectivity index (χ1v) is 9.33. The van der Waals surface area contributed by atoms with Crippen LogP contribution in [-0.2, 0) is 4.79 Å². The van der Waals surface area contributed by atoms with Crippen molar-refractivity contribution in [3.05, 3.63) is 28.8 Å². The first kappa shape index (κ1) is 22.2. The molecule has 2 rings (SSSR count). The summed E-state index contributed by atoms with van der Waals surface area (Å²) >= 11 is 6.21. The maximum atomic E-state index is 12.5. The van der Waals surface area contributed by atoms with Crippen LogP contribution < -0.4 is 5.32 Å². The Labute approximate surface area is 163 Å². The van der Waals surface area contributed by atoms with Gasteiger partial charge in [-0.15, -0.1) is 12.4 Å². The van der Waals surface area contributed by atoms with E-state index in [0.29, 0.717) is 17.5 Å². The number of benzene rings is 1. The van der Waals surface area contributed by atoms with Gasteiger partial charge in [-0.05, 0) is 50.4 Å². The number of halogens is 2. The lowest BCUT2D eigenvalue weighted by molar-refractivity contribution is -0.117. The van der Waals surface area contributed by atoms with E-state index in [0.717, 1.165) is 30.9 Å². The molecule has 0 aliphatic carbocycles. The van der Waals surface area contributed by atoms with E-state index in [9.17, 15) is 4.79 Å². The Morgan fingerprint density at radius 3 is 2.60 bits per heavy atom. The normalized spacial score (nSPS) is 14.8. The molecule has 0 aromatic heterocycles. The first-order valence-electron chi connectivity index (χ1n) is 8.95. The quantitative estimate of drug-likeness (QED) is 0.730. The van der Waals surface area contributed by atoms with Crippen molar-refractivity contribution < 1.29 is 4.79 Å². The third kappa shape index (κ3) is 7.53. The van der Waals surface area contributed by atoms with Crippen LogP contribution in [0, 0.1) is 12.8 Å². The van der Waals surface area contributed by atoms with Gasteiger partial charge in [-0.25, -0.2) is 0 Å². The number of hydrogen-bond acceptors (Lipinski definition) is 3. The second kappa shape index (κ2) is 11.0. The predicted molar refractivity (Wildman–Crippen MR) is 109 cm³/mol. The van der Waals surface area contributed by atoms with Crippen LogP contribution in [0.4, 0.5) is 5.69 Å². The van der Waals surface area contributed by atoms with Crippen LogP contribution in [0.2, 0.25) is 5.02 Å². The molecule has 4 nitrogen and oxygen atoms in total. The van der Waals surface area contributed by atoms with Gasteiger partial charge < -0.3 is 10.2 Å². The predicted octanol–water partition coefficient (Wildman–Crippen LogP) is 4.06. The van der Waals surface area contributed by atoms with Crippen LogP contribution in [0.15, 0.2) is 18.2 Å². The van der Waals surface area contributed by atoms with Crippen LogP contribution in [-0.4, -0.2) is 55.0 Å². The van der Waals surface area contributed by atoms with Gasteiger partial charge in [-0.1, -0.05) is 37.6 Å². The molecular weight excluding hydrogens is 357 g/mol. The number of hydrogen-bond donors (Lipinski definition) is 1. The number of aryl methyl sites for hydroxylation is 1. The van der Waals surface area contributed by atoms with E-state index < -0.39 is 0 Å². The molecule has 25 heavy (non-hydrogen) atoms. The van der Waals surface area contributed by atoms with Crippen LogP contribution in [0.1, 0.15) is 32.3 Å². The Hall–Kier alpha value is -0.810. The highest BCUT2D eigenvalue weighted by atomic mass is 35.5. The van der Waals surface area contributed by atoms with Crippen LogP contribution in [0.5, 0.6) is 0 Å². The molecule has 1 fully saturated rings. The Kier molecular flexibility index (Phi) is 9.80. The molecule has 1 N–H and O–H groups in total. The Morgan fingerprint density at radius 1 is 1.32 bits per heavy atom. The molecule has 6 heteroatoms. The SMILES string of the molecule is Cc1cccc(Cl)c1NC(=O)CN(CCN1CCCC1)CC(C)C.Cl. The second-order valence-electron chi connectivity index (χ2n) is 7.16. The van der Waals surface area contributed by atoms with Crippen molar-refractivity contribution in [1.82, 2.24) is 9.80 Å². The molecule has 142 valence electrons. The third-order valence-electron chi connectivity index (χ3n) is 4.41. The smallest absolute Gasteiger partial charge is 0.238 e. The highest BCUT2D eigenvalue weighted by molar-refractivity contribution is 6.33. The molecule has 0 saturated carbocycles. The molecule has 0 radical (unpaired) electrons. The molecule has 0 unspecified atom stereocenters. The van der Waals surface area contributed by atoms with Gasteiger partial charge in [0, 0.05) is 19.6 Å². The van der Waals surface area contributed by atoms with Gasteiger partial charge in [-0.3, -0.25) is 9.69 Å². The van der Waals surface area contributed by atoms with Gasteiger partial charge in [0.05, 0.1) is 17.3 Å². The summed E-state index contributed by atoms with van der Waals surface area (Å²) in [5.74, 6) is 0.548. The van der Waals surface area contributed by atoms with E-state index in [-0.39, 0.29) is 18.3 Å². The number of nitrogens with zero attached hydrogens (tertiary/aromatic N) is 2. The molecule has 1 aromatic rings. The summed E-state index contributed by atoms with van der Waals surface area (Å²) in [6.45, 7) is 12.1. The van der Waals surface area contributed by atoms with Crippen molar-refractivity contribution in [2.45, 2.75) is 33.6 Å². The van der Waals surface area contributed by atoms with Gasteiger partial charge >= 0.3 is 0 Å². The first-order chi connectivity index (χ1) is 11.5. The number of amides is 1. The van der Waals surface area contributed by atoms with E-state index in [2.05, 4.69) is 29.0 Å². The molecule has 0 atom stereocenters. The van der Waals surface area contributed by atoms with E-state index >= 15 is 0 Å². The summed E-state index contributed by atoms with van der Waals surface area (Å²) in [5.41, 5.74) is 1.72. The monoisotopic (exact) mass is 387 g/mol. The molecule has 1 saturated heterocycles. The Balaban J connectivity index is 0.00000312. The van der Waals surface area contributed by atoms with Gasteiger partial charge in [0.25, 0.3) is 0 Å². The zero-order valence-electron chi connectivity index (χ0n) is 15.6. The number of carbonyl (C=O) groups is 1. The summed E-state index contributed by atoms with van der Waals surface area (Å²) < 4.78 is 0. The van der Waals surface area contributed by atoms with E-state index in [1.807, 2.05) is 25.1 Å². The average molecular weight is 388 g/mol. The largest absolute Gasteiger partial charge is 0.323 e. The van der Waals surface area contributed by atoms with Crippen LogP contribution in [0.3, 0.4) is 0 Å². The van der Waals surface area contributed by atoms with Crippen LogP contribution >= 0.6 is 24.0 Å². The standard InChI is InChI=1S/C19H30ClN3O.ClH/c1-15(2)13-23(12-11-22-9-4-5-10-22)14-18(24)21-19-16(3)7-6-8-17(19)20;/h6-8,15H,4-5,9-14H2,1-3H3,(H,21,24);1H. The summed E-state index contributed by atoms with van der Waals surface area (Å²) in [6.07, 6.45) is 2.60. The van der Waals surface area contributed by atoms with Gasteiger partial charge in [0.1, 0.15) is 0 Å². The lowest BCUT2D eigenvalue weighted by Gasteiger charge is -2.26. The fraction of sp³-hybridized carbons (Fsp3) is 0.632. The van der Waals surface area contributed by atoms with E-state index in [4.69, 9.17) is 11.6 Å². The van der Waals surface area contributed by atoms with Crippen molar-refractivity contribution in [2.75, 3.05) is 44.6 Å². The molecular formula is C19H31Cl2N3O. The number of nitrogens with one attached hydrogen (secondary N) is 1. The van der Waals surface area contributed by atoms with Crippen molar-refractivity contribution in [1.29, 1.82) is 0 Å². The molecule has 1 aromatic carbocycles. The molecule has 0 bridgehead atoms. The molecule has 1 aliphatic heterocycles. The van der Waals surface area contributed by atoms with Gasteiger partial charge in [0.15, 0.2) is 0 Å². The fourth-order valence-corrected chi connectivity index (χ4v) is 3.48. The lowest BCUT2D eigenvalue weighted by atomic mass is 10.2. The highest BCUT2D eigenvalue weighted by Crippen LogP contribution is 2.25. The fourth-order valence-electron chi connectivity index (χ4n) is 3.21. The zero-order chi connectivity index (χ0) is 17.5. The summed E-state index contributed by atoms with van der Waals surface area (Å²) in [5, 5.41) is 3.58. The molecule has 1 aliphatic rings. The minimum absolute atomic E-state index is 0. The average Bonchev–Trinajstić information content (AvgIpc) is 3.01. The minimum atomic E-state index is 0. The topological polar surface area (TPSA) is 35.6 Å². The Morgan fingerprint density at radius 2 is 2.00 bits per heavy atom. The van der Waals surface area contributed by atoms with Crippen molar-refractivity contribution >= 4 is 35.6 Å². The van der Waals surface area contributed by atoms with Crippen molar-refractivity contribution in [2.24, 2.45) is 5.92 Å². The zero-order valence-corrected chi connectivity index (χ0v) is 17.1. The van der Waals surface area contributed by atoms with Gasteiger partial charge in [0.2, 0.25) is 5.91 Å². The molecule has 0 spiro atoms. The molecule has 1 amide bonds. The van der Waals surface area contributed by atoms with Crippen molar-refractivity contribution in [3.8, 4) is 0 Å².